The minimum absolute atomic E-state index is 0.194. The molecule has 1 atom stereocenters. The van der Waals surface area contributed by atoms with Crippen LogP contribution >= 0.6 is 0 Å². The summed E-state index contributed by atoms with van der Waals surface area (Å²) in [5.41, 5.74) is 5.61. The highest BCUT2D eigenvalue weighted by molar-refractivity contribution is 7.89. The maximum Gasteiger partial charge on any atom is 0.287 e. The van der Waals surface area contributed by atoms with E-state index in [2.05, 4.69) is 4.98 Å². The van der Waals surface area contributed by atoms with Crippen molar-refractivity contribution in [3.63, 3.8) is 0 Å². The fourth-order valence-corrected chi connectivity index (χ4v) is 1.83. The van der Waals surface area contributed by atoms with Crippen LogP contribution < -0.4 is 16.4 Å². The molecule has 0 aromatic carbocycles. The lowest BCUT2D eigenvalue weighted by atomic mass is 10.2. The van der Waals surface area contributed by atoms with Crippen molar-refractivity contribution in [1.29, 1.82) is 0 Å². The smallest absolute Gasteiger partial charge is 0.287 e. The molecular formula is C7H11N5O4S. The summed E-state index contributed by atoms with van der Waals surface area (Å²) in [6.07, 6.45) is 1.01. The fraction of sp³-hybridized carbons (Fsp3) is 0.286. The lowest BCUT2D eigenvalue weighted by molar-refractivity contribution is -0.385. The van der Waals surface area contributed by atoms with Gasteiger partial charge < -0.3 is 5.73 Å². The third-order valence-corrected chi connectivity index (χ3v) is 3.10. The largest absolute Gasteiger partial charge is 0.322 e. The Morgan fingerprint density at radius 1 is 1.53 bits per heavy atom. The molecule has 5 N–H and O–H groups in total. The number of sulfonamides is 1. The summed E-state index contributed by atoms with van der Waals surface area (Å²) in [6, 6.07) is 1.59. The molecule has 1 heterocycles. The number of aromatic nitrogens is 1. The maximum absolute atomic E-state index is 11.1. The van der Waals surface area contributed by atoms with Gasteiger partial charge in [0, 0.05) is 6.07 Å². The first kappa shape index (κ1) is 13.4. The van der Waals surface area contributed by atoms with Gasteiger partial charge in [0.25, 0.3) is 5.69 Å². The van der Waals surface area contributed by atoms with Gasteiger partial charge in [-0.05, 0) is 6.07 Å². The van der Waals surface area contributed by atoms with Crippen LogP contribution in [0.15, 0.2) is 18.3 Å². The van der Waals surface area contributed by atoms with Crippen LogP contribution in [0.5, 0.6) is 0 Å². The van der Waals surface area contributed by atoms with E-state index in [1.165, 1.54) is 12.1 Å². The summed E-state index contributed by atoms with van der Waals surface area (Å²) in [6.45, 7) is 0. The number of hydrogen-bond acceptors (Lipinski definition) is 7. The molecule has 0 radical (unpaired) electrons. The number of nitro groups is 1. The lowest BCUT2D eigenvalue weighted by Gasteiger charge is -2.10. The second-order valence-corrected chi connectivity index (χ2v) is 5.00. The Kier molecular flexibility index (Phi) is 4.07. The van der Waals surface area contributed by atoms with E-state index in [-0.39, 0.29) is 11.4 Å². The van der Waals surface area contributed by atoms with Gasteiger partial charge in [-0.2, -0.15) is 4.83 Å². The van der Waals surface area contributed by atoms with Crippen LogP contribution in [-0.2, 0) is 10.0 Å². The van der Waals surface area contributed by atoms with Crippen molar-refractivity contribution in [3.05, 3.63) is 34.1 Å². The predicted molar refractivity (Wildman–Crippen MR) is 58.9 cm³/mol. The van der Waals surface area contributed by atoms with Crippen LogP contribution in [0, 0.1) is 10.1 Å². The van der Waals surface area contributed by atoms with E-state index < -0.39 is 26.7 Å². The van der Waals surface area contributed by atoms with Crippen molar-refractivity contribution in [3.8, 4) is 0 Å². The average molecular weight is 261 g/mol. The van der Waals surface area contributed by atoms with Crippen LogP contribution in [-0.4, -0.2) is 24.1 Å². The standard InChI is InChI=1S/C7H11N5O4S/c8-6(4-17(15,16)11-9)7-2-1-5(3-10-7)12(13)14/h1-3,6,11H,4,8-9H2. The molecule has 0 fully saturated rings. The molecular weight excluding hydrogens is 250 g/mol. The molecule has 0 bridgehead atoms. The second-order valence-electron chi connectivity index (χ2n) is 3.20. The zero-order chi connectivity index (χ0) is 13.1. The summed E-state index contributed by atoms with van der Waals surface area (Å²) < 4.78 is 22.2. The van der Waals surface area contributed by atoms with Gasteiger partial charge in [-0.3, -0.25) is 20.9 Å². The molecule has 17 heavy (non-hydrogen) atoms. The number of pyridine rings is 1. The molecule has 1 aromatic rings. The minimum Gasteiger partial charge on any atom is -0.322 e. The van der Waals surface area contributed by atoms with Crippen molar-refractivity contribution in [2.45, 2.75) is 6.04 Å². The molecule has 1 rings (SSSR count). The van der Waals surface area contributed by atoms with Crippen molar-refractivity contribution < 1.29 is 13.3 Å². The Morgan fingerprint density at radius 3 is 2.59 bits per heavy atom. The normalized spacial score (nSPS) is 13.3. The van der Waals surface area contributed by atoms with Crippen molar-refractivity contribution in [1.82, 2.24) is 9.82 Å². The minimum atomic E-state index is -3.66. The third kappa shape index (κ3) is 3.71. The molecule has 1 aromatic heterocycles. The highest BCUT2D eigenvalue weighted by Gasteiger charge is 2.18. The van der Waals surface area contributed by atoms with E-state index in [0.717, 1.165) is 6.20 Å². The summed E-state index contributed by atoms with van der Waals surface area (Å²) >= 11 is 0. The lowest BCUT2D eigenvalue weighted by Crippen LogP contribution is -2.36. The van der Waals surface area contributed by atoms with Gasteiger partial charge in [0.15, 0.2) is 0 Å². The van der Waals surface area contributed by atoms with Gasteiger partial charge in [-0.25, -0.2) is 8.42 Å². The average Bonchev–Trinajstić information content (AvgIpc) is 2.28. The number of nitrogens with zero attached hydrogens (tertiary/aromatic N) is 2. The topological polar surface area (TPSA) is 154 Å². The van der Waals surface area contributed by atoms with Crippen LogP contribution in [0.1, 0.15) is 11.7 Å². The number of rotatable bonds is 5. The number of nitrogens with two attached hydrogens (primary N) is 2. The molecule has 1 unspecified atom stereocenters. The molecule has 0 aliphatic heterocycles. The summed E-state index contributed by atoms with van der Waals surface area (Å²) in [5.74, 6) is 4.34. The van der Waals surface area contributed by atoms with Gasteiger partial charge in [0.2, 0.25) is 10.0 Å². The maximum atomic E-state index is 11.1. The zero-order valence-corrected chi connectivity index (χ0v) is 9.42. The Balaban J connectivity index is 2.83. The van der Waals surface area contributed by atoms with Gasteiger partial charge >= 0.3 is 0 Å². The Morgan fingerprint density at radius 2 is 2.18 bits per heavy atom. The number of hydrogen-bond donors (Lipinski definition) is 3. The highest BCUT2D eigenvalue weighted by atomic mass is 32.2. The number of nitrogens with one attached hydrogen (secondary N) is 1. The molecule has 0 amide bonds. The molecule has 0 aliphatic rings. The number of hydrazine groups is 1. The monoisotopic (exact) mass is 261 g/mol. The van der Waals surface area contributed by atoms with E-state index in [4.69, 9.17) is 11.6 Å². The third-order valence-electron chi connectivity index (χ3n) is 1.94. The van der Waals surface area contributed by atoms with Crippen LogP contribution in [0.3, 0.4) is 0 Å². The molecule has 0 saturated heterocycles. The fourth-order valence-electron chi connectivity index (χ4n) is 1.09. The Labute approximate surface area is 97.0 Å². The summed E-state index contributed by atoms with van der Waals surface area (Å²) in [7, 11) is -3.66. The van der Waals surface area contributed by atoms with Gasteiger partial charge in [0.1, 0.15) is 6.20 Å². The molecule has 0 aliphatic carbocycles. The predicted octanol–water partition coefficient (Wildman–Crippen LogP) is -1.22. The van der Waals surface area contributed by atoms with E-state index in [1.807, 2.05) is 0 Å². The zero-order valence-electron chi connectivity index (χ0n) is 8.61. The first-order valence-corrected chi connectivity index (χ1v) is 6.07. The van der Waals surface area contributed by atoms with Gasteiger partial charge in [0.05, 0.1) is 22.4 Å². The van der Waals surface area contributed by atoms with Crippen molar-refractivity contribution in [2.75, 3.05) is 5.75 Å². The summed E-state index contributed by atoms with van der Waals surface area (Å²) in [5, 5.41) is 10.4. The van der Waals surface area contributed by atoms with E-state index in [1.54, 1.807) is 4.83 Å². The van der Waals surface area contributed by atoms with Crippen molar-refractivity contribution >= 4 is 15.7 Å². The van der Waals surface area contributed by atoms with E-state index in [0.29, 0.717) is 0 Å². The molecule has 0 spiro atoms. The SMILES string of the molecule is NNS(=O)(=O)CC(N)c1ccc([N+](=O)[O-])cn1. The quantitative estimate of drug-likeness (QED) is 0.341. The highest BCUT2D eigenvalue weighted by Crippen LogP contribution is 2.13. The second kappa shape index (κ2) is 5.14. The molecule has 94 valence electrons. The van der Waals surface area contributed by atoms with Crippen LogP contribution in [0.25, 0.3) is 0 Å². The van der Waals surface area contributed by atoms with Crippen LogP contribution in [0.4, 0.5) is 5.69 Å². The Hall–Kier alpha value is -1.62. The Bertz CT molecular complexity index is 500. The van der Waals surface area contributed by atoms with Gasteiger partial charge in [-0.15, -0.1) is 0 Å². The molecule has 0 saturated carbocycles. The van der Waals surface area contributed by atoms with Gasteiger partial charge in [-0.1, -0.05) is 0 Å². The van der Waals surface area contributed by atoms with E-state index in [9.17, 15) is 18.5 Å². The van der Waals surface area contributed by atoms with Crippen molar-refractivity contribution in [2.24, 2.45) is 11.6 Å². The van der Waals surface area contributed by atoms with Crippen LogP contribution in [0.2, 0.25) is 0 Å². The first-order chi connectivity index (χ1) is 7.85. The molecule has 9 nitrogen and oxygen atoms in total. The summed E-state index contributed by atoms with van der Waals surface area (Å²) in [4.78, 5) is 15.1. The first-order valence-electron chi connectivity index (χ1n) is 4.41. The van der Waals surface area contributed by atoms with E-state index >= 15 is 0 Å². The molecule has 10 heteroatoms.